The Morgan fingerprint density at radius 3 is 1.50 bits per heavy atom. The number of hydrogen-bond donors (Lipinski definition) is 0. The summed E-state index contributed by atoms with van der Waals surface area (Å²) in [6.45, 7) is 15.3. The van der Waals surface area contributed by atoms with Crippen LogP contribution in [0.1, 0.15) is 0 Å². The van der Waals surface area contributed by atoms with Crippen molar-refractivity contribution >= 4 is 11.8 Å². The molecule has 1 heterocycles. The monoisotopic (exact) mass is 247 g/mol. The summed E-state index contributed by atoms with van der Waals surface area (Å²) in [7, 11) is 0. The molecule has 1 fully saturated rings. The van der Waals surface area contributed by atoms with Crippen LogP contribution in [0, 0.1) is 0 Å². The Labute approximate surface area is 107 Å². The topological polar surface area (TPSA) is 43.9 Å². The molecule has 1 aliphatic heterocycles. The Morgan fingerprint density at radius 2 is 1.17 bits per heavy atom. The van der Waals surface area contributed by atoms with Crippen molar-refractivity contribution in [1.29, 1.82) is 0 Å². The second-order valence-electron chi connectivity index (χ2n) is 3.82. The lowest BCUT2D eigenvalue weighted by molar-refractivity contribution is -0.144. The lowest BCUT2D eigenvalue weighted by Gasteiger charge is -2.42. The van der Waals surface area contributed by atoms with Gasteiger partial charge in [-0.1, -0.05) is 26.3 Å². The molecule has 96 valence electrons. The lowest BCUT2D eigenvalue weighted by Crippen LogP contribution is -2.56. The highest BCUT2D eigenvalue weighted by atomic mass is 16.2. The molecule has 1 rings (SSSR count). The molecule has 1 aliphatic rings. The maximum atomic E-state index is 11.6. The van der Waals surface area contributed by atoms with Crippen LogP contribution in [0.5, 0.6) is 0 Å². The van der Waals surface area contributed by atoms with E-state index in [1.165, 1.54) is 22.0 Å². The molecule has 2 amide bonds. The van der Waals surface area contributed by atoms with Crippen molar-refractivity contribution in [2.45, 2.75) is 0 Å². The fourth-order valence-corrected chi connectivity index (χ4v) is 1.60. The lowest BCUT2D eigenvalue weighted by atomic mass is 10.3. The van der Waals surface area contributed by atoms with Crippen molar-refractivity contribution in [1.82, 2.24) is 14.7 Å². The van der Waals surface area contributed by atoms with Gasteiger partial charge in [-0.3, -0.25) is 9.59 Å². The largest absolute Gasteiger partial charge is 0.336 e. The number of hydrogen-bond acceptors (Lipinski definition) is 3. The fourth-order valence-electron chi connectivity index (χ4n) is 1.60. The SMILES string of the molecule is C=CC(=C)N1CN(C(=O)C=C)CN(C(=O)C=C)C1. The zero-order chi connectivity index (χ0) is 13.7. The van der Waals surface area contributed by atoms with Crippen LogP contribution >= 0.6 is 0 Å². The van der Waals surface area contributed by atoms with Gasteiger partial charge >= 0.3 is 0 Å². The third kappa shape index (κ3) is 2.88. The van der Waals surface area contributed by atoms with Gasteiger partial charge in [0.05, 0.1) is 20.0 Å². The summed E-state index contributed by atoms with van der Waals surface area (Å²) in [4.78, 5) is 28.0. The molecule has 0 spiro atoms. The van der Waals surface area contributed by atoms with Crippen LogP contribution in [0.4, 0.5) is 0 Å². The summed E-state index contributed by atoms with van der Waals surface area (Å²) >= 11 is 0. The summed E-state index contributed by atoms with van der Waals surface area (Å²) < 4.78 is 0. The molecule has 0 saturated carbocycles. The van der Waals surface area contributed by atoms with E-state index in [2.05, 4.69) is 26.3 Å². The van der Waals surface area contributed by atoms with E-state index in [0.29, 0.717) is 19.0 Å². The Kier molecular flexibility index (Phi) is 4.48. The van der Waals surface area contributed by atoms with Gasteiger partial charge in [0.2, 0.25) is 11.8 Å². The maximum absolute atomic E-state index is 11.6. The molecule has 0 bridgehead atoms. The fraction of sp³-hybridized carbons (Fsp3) is 0.231. The predicted octanol–water partition coefficient (Wildman–Crippen LogP) is 0.903. The van der Waals surface area contributed by atoms with Crippen LogP contribution in [0.2, 0.25) is 0 Å². The van der Waals surface area contributed by atoms with Gasteiger partial charge in [-0.05, 0) is 18.2 Å². The molecule has 0 atom stereocenters. The first-order valence-electron chi connectivity index (χ1n) is 5.42. The summed E-state index contributed by atoms with van der Waals surface area (Å²) in [5, 5.41) is 0. The van der Waals surface area contributed by atoms with Crippen LogP contribution in [0.3, 0.4) is 0 Å². The van der Waals surface area contributed by atoms with E-state index in [1.807, 2.05) is 0 Å². The first-order chi connectivity index (χ1) is 8.53. The van der Waals surface area contributed by atoms with E-state index in [9.17, 15) is 9.59 Å². The Morgan fingerprint density at radius 1 is 0.778 bits per heavy atom. The van der Waals surface area contributed by atoms with Crippen molar-refractivity contribution in [3.63, 3.8) is 0 Å². The molecule has 0 aromatic carbocycles. The molecular weight excluding hydrogens is 230 g/mol. The Bertz CT molecular complexity index is 347. The first kappa shape index (κ1) is 13.8. The molecule has 0 aliphatic carbocycles. The van der Waals surface area contributed by atoms with Gasteiger partial charge in [0.1, 0.15) is 0 Å². The van der Waals surface area contributed by atoms with Gasteiger partial charge in [-0.2, -0.15) is 0 Å². The van der Waals surface area contributed by atoms with Gasteiger partial charge in [0.15, 0.2) is 0 Å². The van der Waals surface area contributed by atoms with Gasteiger partial charge in [0, 0.05) is 5.70 Å². The summed E-state index contributed by atoms with van der Waals surface area (Å²) in [6, 6.07) is 0. The minimum atomic E-state index is -0.238. The highest BCUT2D eigenvalue weighted by Gasteiger charge is 2.27. The van der Waals surface area contributed by atoms with E-state index in [4.69, 9.17) is 0 Å². The second kappa shape index (κ2) is 5.86. The Hall–Kier alpha value is -2.30. The van der Waals surface area contributed by atoms with Crippen molar-refractivity contribution in [3.8, 4) is 0 Å². The smallest absolute Gasteiger partial charge is 0.248 e. The van der Waals surface area contributed by atoms with Gasteiger partial charge in [-0.25, -0.2) is 0 Å². The number of carbonyl (C=O) groups is 2. The predicted molar refractivity (Wildman–Crippen MR) is 69.9 cm³/mol. The number of allylic oxidation sites excluding steroid dienone is 1. The highest BCUT2D eigenvalue weighted by Crippen LogP contribution is 2.13. The molecule has 5 nitrogen and oxygen atoms in total. The van der Waals surface area contributed by atoms with Crippen molar-refractivity contribution in [3.05, 3.63) is 50.2 Å². The average molecular weight is 247 g/mol. The van der Waals surface area contributed by atoms with Crippen molar-refractivity contribution in [2.24, 2.45) is 0 Å². The molecule has 18 heavy (non-hydrogen) atoms. The Balaban J connectivity index is 2.91. The summed E-state index contributed by atoms with van der Waals surface area (Å²) in [6.07, 6.45) is 4.02. The van der Waals surface area contributed by atoms with E-state index in [1.54, 1.807) is 11.0 Å². The molecule has 0 unspecified atom stereocenters. The zero-order valence-electron chi connectivity index (χ0n) is 10.3. The van der Waals surface area contributed by atoms with Crippen molar-refractivity contribution < 1.29 is 9.59 Å². The number of nitrogens with zero attached hydrogens (tertiary/aromatic N) is 3. The van der Waals surface area contributed by atoms with Gasteiger partial charge in [0.25, 0.3) is 0 Å². The van der Waals surface area contributed by atoms with Gasteiger partial charge in [-0.15, -0.1) is 0 Å². The molecule has 0 aromatic heterocycles. The van der Waals surface area contributed by atoms with Crippen LogP contribution in [0.25, 0.3) is 0 Å². The van der Waals surface area contributed by atoms with E-state index < -0.39 is 0 Å². The van der Waals surface area contributed by atoms with Crippen LogP contribution < -0.4 is 0 Å². The zero-order valence-corrected chi connectivity index (χ0v) is 10.3. The summed E-state index contributed by atoms with van der Waals surface area (Å²) in [5.74, 6) is -0.475. The third-order valence-corrected chi connectivity index (χ3v) is 2.64. The quantitative estimate of drug-likeness (QED) is 0.547. The normalized spacial score (nSPS) is 15.0. The van der Waals surface area contributed by atoms with E-state index in [-0.39, 0.29) is 18.5 Å². The van der Waals surface area contributed by atoms with Crippen molar-refractivity contribution in [2.75, 3.05) is 20.0 Å². The maximum Gasteiger partial charge on any atom is 0.248 e. The van der Waals surface area contributed by atoms with Gasteiger partial charge < -0.3 is 14.7 Å². The van der Waals surface area contributed by atoms with E-state index >= 15 is 0 Å². The highest BCUT2D eigenvalue weighted by molar-refractivity contribution is 5.89. The molecule has 0 aromatic rings. The van der Waals surface area contributed by atoms with Crippen LogP contribution in [-0.4, -0.2) is 46.5 Å². The average Bonchev–Trinajstić information content (AvgIpc) is 2.43. The third-order valence-electron chi connectivity index (χ3n) is 2.64. The standard InChI is InChI=1S/C13H17N3O2/c1-5-11(4)14-8-15(12(17)6-2)10-16(9-14)13(18)7-3/h5-7H,1-4,8-10H2. The summed E-state index contributed by atoms with van der Waals surface area (Å²) in [5.41, 5.74) is 0.651. The first-order valence-corrected chi connectivity index (χ1v) is 5.42. The second-order valence-corrected chi connectivity index (χ2v) is 3.82. The molecular formula is C13H17N3O2. The van der Waals surface area contributed by atoms with Crippen LogP contribution in [0.15, 0.2) is 50.2 Å². The number of rotatable bonds is 4. The number of carbonyl (C=O) groups excluding carboxylic acids is 2. The molecule has 0 radical (unpaired) electrons. The van der Waals surface area contributed by atoms with E-state index in [0.717, 1.165) is 0 Å². The minimum absolute atomic E-state index is 0.219. The molecule has 5 heteroatoms. The molecule has 0 N–H and O–H groups in total. The minimum Gasteiger partial charge on any atom is -0.336 e. The number of amides is 2. The van der Waals surface area contributed by atoms with Crippen LogP contribution in [-0.2, 0) is 9.59 Å². The molecule has 1 saturated heterocycles.